The van der Waals surface area contributed by atoms with Crippen LogP contribution in [0.1, 0.15) is 212 Å². The normalized spacial score (nSPS) is 22.1. The topological polar surface area (TPSA) is 491 Å². The van der Waals surface area contributed by atoms with Crippen LogP contribution in [0.3, 0.4) is 0 Å². The second kappa shape index (κ2) is 49.2. The molecule has 3 unspecified atom stereocenters. The number of aryl methyl sites for hydroxylation is 2. The number of carbonyl (C=O) groups is 11. The number of sulfonamides is 2. The predicted octanol–water partition coefficient (Wildman–Crippen LogP) is 11.2. The van der Waals surface area contributed by atoms with Crippen molar-refractivity contribution in [2.24, 2.45) is 46.2 Å². The summed E-state index contributed by atoms with van der Waals surface area (Å²) in [4.78, 5) is 147. The van der Waals surface area contributed by atoms with Gasteiger partial charge in [0, 0.05) is 81.8 Å². The molecule has 728 valence electrons. The van der Waals surface area contributed by atoms with Gasteiger partial charge in [-0.25, -0.2) is 26.8 Å². The summed E-state index contributed by atoms with van der Waals surface area (Å²) in [5.41, 5.74) is 3.14. The molecular weight excluding hydrogens is 1770 g/mol. The maximum atomic E-state index is 14.5. The Balaban J connectivity index is 0.000000380. The predicted molar refractivity (Wildman–Crippen MR) is 491 cm³/mol. The van der Waals surface area contributed by atoms with Crippen LogP contribution in [0.2, 0.25) is 0 Å². The minimum absolute atomic E-state index is 0. The van der Waals surface area contributed by atoms with Crippen LogP contribution >= 0.6 is 24.8 Å². The molecule has 0 radical (unpaired) electrons. The summed E-state index contributed by atoms with van der Waals surface area (Å²) in [6, 6.07) is 13.4. The molecule has 38 heteroatoms. The average molecular weight is 1910 g/mol. The number of hydrogen-bond donors (Lipinski definition) is 7. The second-order valence-electron chi connectivity index (χ2n) is 36.5. The molecular formula is C92H137Cl2N7O27S2. The molecule has 0 spiro atoms. The van der Waals surface area contributed by atoms with E-state index in [1.807, 2.05) is 56.3 Å². The molecule has 8 N–H and O–H groups in total. The van der Waals surface area contributed by atoms with Crippen molar-refractivity contribution in [3.63, 3.8) is 0 Å². The van der Waals surface area contributed by atoms with Crippen molar-refractivity contribution in [1.29, 1.82) is 0 Å². The quantitative estimate of drug-likeness (QED) is 0.0124. The molecule has 10 rings (SSSR count). The van der Waals surface area contributed by atoms with Crippen molar-refractivity contribution in [1.82, 2.24) is 29.6 Å². The third-order valence-corrected chi connectivity index (χ3v) is 26.1. The number of amides is 3. The number of benzene rings is 2. The van der Waals surface area contributed by atoms with Crippen molar-refractivity contribution in [3.05, 3.63) is 97.4 Å². The van der Waals surface area contributed by atoms with Crippen molar-refractivity contribution in [3.8, 4) is 11.8 Å². The molecule has 2 aromatic carbocycles. The van der Waals surface area contributed by atoms with E-state index in [1.54, 1.807) is 142 Å². The van der Waals surface area contributed by atoms with Crippen LogP contribution in [0.4, 0.5) is 0 Å². The van der Waals surface area contributed by atoms with E-state index in [0.29, 0.717) is 83.3 Å². The fourth-order valence-corrected chi connectivity index (χ4v) is 17.9. The highest BCUT2D eigenvalue weighted by atomic mass is 35.5. The molecule has 2 aromatic heterocycles. The molecule has 130 heavy (non-hydrogen) atoms. The van der Waals surface area contributed by atoms with Gasteiger partial charge in [-0.3, -0.25) is 62.2 Å². The molecule has 2 aliphatic heterocycles. The molecule has 34 nitrogen and oxygen atoms in total. The largest absolute Gasteiger partial charge is 0.481 e. The number of esters is 3. The summed E-state index contributed by atoms with van der Waals surface area (Å²) in [6.45, 7) is 43.2. The van der Waals surface area contributed by atoms with E-state index >= 15 is 0 Å². The third-order valence-electron chi connectivity index (χ3n) is 22.4. The lowest BCUT2D eigenvalue weighted by molar-refractivity contribution is -0.163. The number of ketones is 2. The van der Waals surface area contributed by atoms with Crippen LogP contribution in [-0.4, -0.2) is 234 Å². The van der Waals surface area contributed by atoms with Crippen LogP contribution in [-0.2, 0) is 106 Å². The first-order valence-electron chi connectivity index (χ1n) is 43.7. The van der Waals surface area contributed by atoms with E-state index in [4.69, 9.17) is 63.7 Å². The molecule has 2 saturated heterocycles. The van der Waals surface area contributed by atoms with Gasteiger partial charge in [-0.1, -0.05) is 47.5 Å². The number of pyridine rings is 2. The van der Waals surface area contributed by atoms with Gasteiger partial charge in [0.2, 0.25) is 49.5 Å². The van der Waals surface area contributed by atoms with Crippen molar-refractivity contribution >= 4 is 132 Å². The number of Topliss-reactive ketones (excluding diaryl/α,β-unsaturated/α-hetero) is 2. The summed E-state index contributed by atoms with van der Waals surface area (Å²) >= 11 is 0. The zero-order valence-electron chi connectivity index (χ0n) is 78.2. The van der Waals surface area contributed by atoms with Crippen LogP contribution in [0.15, 0.2) is 86.2 Å². The number of fused-ring (bicyclic) bond motifs is 2. The molecule has 6 fully saturated rings. The summed E-state index contributed by atoms with van der Waals surface area (Å²) in [5.74, 6) is -9.47. The number of ether oxygens (including phenoxy) is 9. The zero-order valence-corrected chi connectivity index (χ0v) is 81.5. The van der Waals surface area contributed by atoms with E-state index < -0.39 is 190 Å². The minimum atomic E-state index is -3.85. The van der Waals surface area contributed by atoms with Crippen LogP contribution in [0.5, 0.6) is 11.8 Å². The number of halogens is 2. The average Bonchev–Trinajstić information content (AvgIpc) is 1.57. The van der Waals surface area contributed by atoms with Gasteiger partial charge in [-0.05, 0) is 217 Å². The number of likely N-dealkylation sites (tertiary alicyclic amines) is 1. The number of rotatable bonds is 40. The molecule has 3 amide bonds. The fourth-order valence-electron chi connectivity index (χ4n) is 15.1. The molecule has 0 bridgehead atoms. The molecule has 4 saturated carbocycles. The number of carboxylic acid groups (broad SMARTS) is 3. The fraction of sp³-hybridized carbons (Fsp3) is 0.641. The van der Waals surface area contributed by atoms with Gasteiger partial charge in [0.15, 0.2) is 11.6 Å². The monoisotopic (exact) mass is 1910 g/mol. The SMILES string of the molecule is C=C[C@@H]1C[C@]1(CC(=O)[C@@H]1C[C@@H](Oc2nccc3cc(C)ccc23)CN1)C(=O)NS(=O)(=O)C1CC1.C=C[C@@H]1C[C@]1(CC(=O)[C@@H]1C[C@@H](Oc2nccc3cc(C)ccc23)CN1C(=O)[C@@H](CC(=O)OC(C)(C)C)[C@H](C)OCC)C(=O)NS(=O)(=O)C1CC1.CCO[C@@H](C)C(CC(=O)OC(C)(C)C)C(=O)O.CCO[C@@H](C)C(CC(=O)OC(C)(C)C)C(=O)O.CCO[C@@H](C)C(N)C(=O)O.Cl.Cl. The maximum absolute atomic E-state index is 14.5. The first-order chi connectivity index (χ1) is 59.6. The summed E-state index contributed by atoms with van der Waals surface area (Å²) in [5, 5.41) is 32.2. The van der Waals surface area contributed by atoms with Gasteiger partial charge >= 0.3 is 35.8 Å². The number of aliphatic carboxylic acids is 3. The van der Waals surface area contributed by atoms with Gasteiger partial charge in [0.05, 0.1) is 101 Å². The van der Waals surface area contributed by atoms with Gasteiger partial charge in [0.1, 0.15) is 35.1 Å². The molecule has 16 atom stereocenters. The standard InChI is InChI=1S/C37H49N3O9S.C25H29N3O5S.2C12H22O5.C6H13NO3.2ClH/c1-8-25-19-37(25,35(44)39-50(45,46)27-11-12-27)20-31(41)30-17-26(48-33-28-13-10-22(3)16-24(28)14-15-38-33)21-40(30)34(43)29(23(4)47-9-2)18-32(42)49-36(5,6)7;1-3-17-12-25(17,24(30)28-34(31,32)19-5-6-19)13-22(29)21-11-18(14-27-21)33-23-20-7-4-15(2)10-16(20)8-9-26-23;2*1-6-16-8(2)9(11(14)15)7-10(13)17-12(3,4)5;1-3-10-4(2)5(7)6(8)9;;/h8,10,13-16,23,25-27,29-30H,1,9,11-12,17-21H2,2-7H3,(H,39,44);3-4,7-10,17-19,21,27H,1,5-6,11-14H2,2H3,(H,28,30);2*8-9H,6-7H2,1-5H3,(H,14,15);4-5H,3,7H2,1-2H3,(H,8,9);2*1H/t23-,25+,26+,29-,30-,37+;17-,18-,21+,25-;2*8-,9?;4-,5?;;/m01000../s1. The molecule has 6 aliphatic rings. The second-order valence-corrected chi connectivity index (χ2v) is 40.4. The number of aromatic nitrogens is 2. The Morgan fingerprint density at radius 3 is 1.25 bits per heavy atom. The highest BCUT2D eigenvalue weighted by Gasteiger charge is 2.63. The Kier molecular flexibility index (Phi) is 43.0. The Morgan fingerprint density at radius 1 is 0.538 bits per heavy atom. The van der Waals surface area contributed by atoms with E-state index in [9.17, 15) is 69.6 Å². The summed E-state index contributed by atoms with van der Waals surface area (Å²) < 4.78 is 104. The number of allylic oxidation sites excluding steroid dienone is 2. The highest BCUT2D eigenvalue weighted by Crippen LogP contribution is 2.58. The maximum Gasteiger partial charge on any atom is 0.323 e. The van der Waals surface area contributed by atoms with Gasteiger partial charge < -0.3 is 73.9 Å². The Bertz CT molecular complexity index is 4780. The van der Waals surface area contributed by atoms with Crippen molar-refractivity contribution < 1.29 is 128 Å². The van der Waals surface area contributed by atoms with Crippen molar-refractivity contribution in [2.75, 3.05) is 39.5 Å². The molecule has 4 aliphatic carbocycles. The van der Waals surface area contributed by atoms with Crippen LogP contribution < -0.4 is 30.0 Å². The van der Waals surface area contributed by atoms with Crippen LogP contribution in [0.25, 0.3) is 21.5 Å². The number of carboxylic acids is 3. The Hall–Kier alpha value is -8.85. The van der Waals surface area contributed by atoms with Gasteiger partial charge in [-0.15, -0.1) is 38.0 Å². The smallest absolute Gasteiger partial charge is 0.323 e. The van der Waals surface area contributed by atoms with E-state index in [0.717, 1.165) is 32.7 Å². The van der Waals surface area contributed by atoms with Gasteiger partial charge in [-0.2, -0.15) is 0 Å². The van der Waals surface area contributed by atoms with Gasteiger partial charge in [0.25, 0.3) is 0 Å². The lowest BCUT2D eigenvalue weighted by Crippen LogP contribution is -2.48. The first kappa shape index (κ1) is 113. The number of hydrogen-bond acceptors (Lipinski definition) is 28. The third kappa shape index (κ3) is 34.0. The van der Waals surface area contributed by atoms with Crippen molar-refractivity contribution in [2.45, 2.75) is 297 Å². The Labute approximate surface area is 776 Å². The number of nitrogens with two attached hydrogens (primary N) is 1. The molecule has 4 aromatic rings. The Morgan fingerprint density at radius 2 is 0.900 bits per heavy atom. The minimum Gasteiger partial charge on any atom is -0.481 e. The zero-order chi connectivity index (χ0) is 96.1. The van der Waals surface area contributed by atoms with Crippen LogP contribution in [0, 0.1) is 54.3 Å². The van der Waals surface area contributed by atoms with E-state index in [-0.39, 0.29) is 94.1 Å². The molecule has 4 heterocycles. The summed E-state index contributed by atoms with van der Waals surface area (Å²) in [6.07, 6.45) is 5.98. The number of nitrogens with zero attached hydrogens (tertiary/aromatic N) is 3. The van der Waals surface area contributed by atoms with E-state index in [1.165, 1.54) is 4.90 Å². The lowest BCUT2D eigenvalue weighted by atomic mass is 9.90. The number of nitrogens with one attached hydrogen (secondary N) is 3. The first-order valence-corrected chi connectivity index (χ1v) is 46.8. The number of carbonyl (C=O) groups excluding carboxylic acids is 8. The van der Waals surface area contributed by atoms with E-state index in [2.05, 4.69) is 44.0 Å². The summed E-state index contributed by atoms with van der Waals surface area (Å²) in [7, 11) is -7.52. The highest BCUT2D eigenvalue weighted by molar-refractivity contribution is 7.91. The lowest BCUT2D eigenvalue weighted by Gasteiger charge is -2.31.